The van der Waals surface area contributed by atoms with Crippen LogP contribution in [-0.4, -0.2) is 49.8 Å². The van der Waals surface area contributed by atoms with Crippen molar-refractivity contribution in [3.05, 3.63) is 23.8 Å². The number of rotatable bonds is 4. The van der Waals surface area contributed by atoms with Crippen molar-refractivity contribution in [1.82, 2.24) is 4.90 Å². The molecule has 1 N–H and O–H groups in total. The smallest absolute Gasteiger partial charge is 0.257 e. The maximum absolute atomic E-state index is 12.2. The minimum absolute atomic E-state index is 0.0875. The molecule has 0 unspecified atom stereocenters. The van der Waals surface area contributed by atoms with Crippen LogP contribution in [0.25, 0.3) is 0 Å². The molecule has 1 heterocycles. The van der Waals surface area contributed by atoms with E-state index in [2.05, 4.69) is 0 Å². The Labute approximate surface area is 106 Å². The Balaban J connectivity index is 2.18. The van der Waals surface area contributed by atoms with Crippen molar-refractivity contribution in [1.29, 1.82) is 0 Å². The zero-order valence-corrected chi connectivity index (χ0v) is 10.5. The summed E-state index contributed by atoms with van der Waals surface area (Å²) >= 11 is 0. The van der Waals surface area contributed by atoms with E-state index in [9.17, 15) is 4.79 Å². The highest BCUT2D eigenvalue weighted by atomic mass is 16.5. The number of hydrogen-bond acceptors (Lipinski definition) is 4. The number of carbonyl (C=O) groups is 1. The second kappa shape index (κ2) is 5.27. The molecule has 0 saturated carbocycles. The summed E-state index contributed by atoms with van der Waals surface area (Å²) < 4.78 is 10.3. The first kappa shape index (κ1) is 12.7. The predicted molar refractivity (Wildman–Crippen MR) is 66.0 cm³/mol. The molecule has 1 fully saturated rings. The molecule has 0 atom stereocenters. The summed E-state index contributed by atoms with van der Waals surface area (Å²) in [7, 11) is 3.09. The van der Waals surface area contributed by atoms with Gasteiger partial charge in [-0.15, -0.1) is 0 Å². The van der Waals surface area contributed by atoms with Crippen LogP contribution < -0.4 is 9.47 Å². The summed E-state index contributed by atoms with van der Waals surface area (Å²) in [6.45, 7) is 1.31. The van der Waals surface area contributed by atoms with Crippen molar-refractivity contribution < 1.29 is 19.4 Å². The average Bonchev–Trinajstić information content (AvgIpc) is 2.36. The third-order valence-corrected chi connectivity index (χ3v) is 3.14. The van der Waals surface area contributed by atoms with Gasteiger partial charge in [-0.25, -0.2) is 0 Å². The van der Waals surface area contributed by atoms with Crippen LogP contribution in [-0.2, 0) is 0 Å². The van der Waals surface area contributed by atoms with Gasteiger partial charge in [0.1, 0.15) is 11.5 Å². The molecule has 1 amide bonds. The first-order valence-corrected chi connectivity index (χ1v) is 5.81. The first-order chi connectivity index (χ1) is 8.69. The fourth-order valence-electron chi connectivity index (χ4n) is 2.00. The summed E-state index contributed by atoms with van der Waals surface area (Å²) in [4.78, 5) is 13.9. The van der Waals surface area contributed by atoms with Gasteiger partial charge >= 0.3 is 0 Å². The van der Waals surface area contributed by atoms with Crippen molar-refractivity contribution >= 4 is 5.91 Å². The van der Waals surface area contributed by atoms with Crippen LogP contribution in [0, 0.1) is 5.92 Å². The Morgan fingerprint density at radius 3 is 2.67 bits per heavy atom. The molecule has 5 heteroatoms. The van der Waals surface area contributed by atoms with E-state index in [1.807, 2.05) is 0 Å². The van der Waals surface area contributed by atoms with Crippen LogP contribution in [0.5, 0.6) is 11.5 Å². The molecule has 0 aliphatic carbocycles. The lowest BCUT2D eigenvalue weighted by Gasteiger charge is -2.38. The highest BCUT2D eigenvalue weighted by molar-refractivity contribution is 5.97. The largest absolute Gasteiger partial charge is 0.497 e. The molecule has 0 radical (unpaired) electrons. The monoisotopic (exact) mass is 251 g/mol. The molecule has 0 spiro atoms. The normalized spacial score (nSPS) is 15.2. The molecule has 1 saturated heterocycles. The van der Waals surface area contributed by atoms with Gasteiger partial charge in [0.2, 0.25) is 0 Å². The number of nitrogens with zero attached hydrogens (tertiary/aromatic N) is 1. The first-order valence-electron chi connectivity index (χ1n) is 5.81. The van der Waals surface area contributed by atoms with Crippen LogP contribution in [0.1, 0.15) is 10.4 Å². The maximum atomic E-state index is 12.2. The topological polar surface area (TPSA) is 59.0 Å². The van der Waals surface area contributed by atoms with Crippen molar-refractivity contribution in [3.8, 4) is 11.5 Å². The molecular weight excluding hydrogens is 234 g/mol. The van der Waals surface area contributed by atoms with Crippen LogP contribution in [0.15, 0.2) is 18.2 Å². The number of ether oxygens (including phenoxy) is 2. The molecule has 1 aromatic rings. The molecule has 0 bridgehead atoms. The fraction of sp³-hybridized carbons (Fsp3) is 0.462. The van der Waals surface area contributed by atoms with E-state index in [1.54, 1.807) is 30.2 Å². The minimum atomic E-state index is -0.0875. The number of likely N-dealkylation sites (tertiary alicyclic amines) is 1. The van der Waals surface area contributed by atoms with Gasteiger partial charge in [-0.05, 0) is 18.2 Å². The number of benzene rings is 1. The second-order valence-corrected chi connectivity index (χ2v) is 4.32. The van der Waals surface area contributed by atoms with E-state index in [0.717, 1.165) is 0 Å². The van der Waals surface area contributed by atoms with Crippen molar-refractivity contribution in [2.75, 3.05) is 33.9 Å². The van der Waals surface area contributed by atoms with E-state index >= 15 is 0 Å². The second-order valence-electron chi connectivity index (χ2n) is 4.32. The Morgan fingerprint density at radius 1 is 1.39 bits per heavy atom. The van der Waals surface area contributed by atoms with Gasteiger partial charge in [0.25, 0.3) is 5.91 Å². The standard InChI is InChI=1S/C13H17NO4/c1-17-10-3-4-12(18-2)11(5-10)13(16)14-6-9(7-14)8-15/h3-5,9,15H,6-8H2,1-2H3. The van der Waals surface area contributed by atoms with Gasteiger partial charge in [0.15, 0.2) is 0 Å². The summed E-state index contributed by atoms with van der Waals surface area (Å²) in [5.41, 5.74) is 0.494. The molecule has 1 aliphatic heterocycles. The molecule has 5 nitrogen and oxygen atoms in total. The summed E-state index contributed by atoms with van der Waals surface area (Å²) in [5.74, 6) is 1.27. The van der Waals surface area contributed by atoms with Gasteiger partial charge in [-0.2, -0.15) is 0 Å². The highest BCUT2D eigenvalue weighted by Crippen LogP contribution is 2.27. The van der Waals surface area contributed by atoms with Gasteiger partial charge in [0.05, 0.1) is 19.8 Å². The zero-order valence-electron chi connectivity index (χ0n) is 10.5. The number of amides is 1. The Morgan fingerprint density at radius 2 is 2.11 bits per heavy atom. The molecule has 1 aliphatic rings. The summed E-state index contributed by atoms with van der Waals surface area (Å²) in [6.07, 6.45) is 0. The van der Waals surface area contributed by atoms with Crippen LogP contribution in [0.4, 0.5) is 0 Å². The van der Waals surface area contributed by atoms with Gasteiger partial charge in [0, 0.05) is 25.6 Å². The number of hydrogen-bond donors (Lipinski definition) is 1. The maximum Gasteiger partial charge on any atom is 0.257 e. The van der Waals surface area contributed by atoms with Crippen molar-refractivity contribution in [3.63, 3.8) is 0 Å². The summed E-state index contributed by atoms with van der Waals surface area (Å²) in [6, 6.07) is 5.14. The molecule has 18 heavy (non-hydrogen) atoms. The number of carbonyl (C=O) groups excluding carboxylic acids is 1. The Kier molecular flexibility index (Phi) is 3.72. The van der Waals surface area contributed by atoms with E-state index < -0.39 is 0 Å². The van der Waals surface area contributed by atoms with E-state index in [4.69, 9.17) is 14.6 Å². The minimum Gasteiger partial charge on any atom is -0.497 e. The van der Waals surface area contributed by atoms with Crippen LogP contribution >= 0.6 is 0 Å². The van der Waals surface area contributed by atoms with Crippen molar-refractivity contribution in [2.24, 2.45) is 5.92 Å². The SMILES string of the molecule is COc1ccc(OC)c(C(=O)N2CC(CO)C2)c1. The molecule has 0 aromatic heterocycles. The lowest BCUT2D eigenvalue weighted by molar-refractivity contribution is 0.0359. The predicted octanol–water partition coefficient (Wildman–Crippen LogP) is 0.768. The van der Waals surface area contributed by atoms with Gasteiger partial charge in [-0.3, -0.25) is 4.79 Å². The fourth-order valence-corrected chi connectivity index (χ4v) is 2.00. The number of methoxy groups -OCH3 is 2. The lowest BCUT2D eigenvalue weighted by atomic mass is 9.99. The third-order valence-electron chi connectivity index (χ3n) is 3.14. The highest BCUT2D eigenvalue weighted by Gasteiger charge is 2.31. The summed E-state index contributed by atoms with van der Waals surface area (Å²) in [5, 5.41) is 8.96. The third kappa shape index (κ3) is 2.26. The lowest BCUT2D eigenvalue weighted by Crippen LogP contribution is -2.51. The Bertz CT molecular complexity index is 441. The van der Waals surface area contributed by atoms with Gasteiger partial charge in [-0.1, -0.05) is 0 Å². The average molecular weight is 251 g/mol. The number of aliphatic hydroxyl groups is 1. The molecule has 98 valence electrons. The van der Waals surface area contributed by atoms with E-state index in [1.165, 1.54) is 7.11 Å². The Hall–Kier alpha value is -1.75. The quantitative estimate of drug-likeness (QED) is 0.858. The number of aliphatic hydroxyl groups excluding tert-OH is 1. The van der Waals surface area contributed by atoms with Crippen molar-refractivity contribution in [2.45, 2.75) is 0 Å². The molecular formula is C13H17NO4. The zero-order chi connectivity index (χ0) is 13.1. The van der Waals surface area contributed by atoms with Crippen LogP contribution in [0.2, 0.25) is 0 Å². The van der Waals surface area contributed by atoms with Gasteiger partial charge < -0.3 is 19.5 Å². The molecule has 1 aromatic carbocycles. The van der Waals surface area contributed by atoms with E-state index in [-0.39, 0.29) is 18.4 Å². The van der Waals surface area contributed by atoms with E-state index in [0.29, 0.717) is 30.2 Å². The molecule has 2 rings (SSSR count). The van der Waals surface area contributed by atoms with Crippen LogP contribution in [0.3, 0.4) is 0 Å².